The fourth-order valence-electron chi connectivity index (χ4n) is 2.35. The Morgan fingerprint density at radius 2 is 1.86 bits per heavy atom. The van der Waals surface area contributed by atoms with Gasteiger partial charge in [0.05, 0.1) is 11.6 Å². The highest BCUT2D eigenvalue weighted by Gasteiger charge is 2.10. The largest absolute Gasteiger partial charge is 0.368 e. The van der Waals surface area contributed by atoms with Crippen LogP contribution in [0.25, 0.3) is 22.0 Å². The number of nitriles is 1. The molecule has 4 nitrogen and oxygen atoms in total. The van der Waals surface area contributed by atoms with Gasteiger partial charge in [-0.15, -0.1) is 10.2 Å². The molecule has 0 saturated carbocycles. The van der Waals surface area contributed by atoms with Gasteiger partial charge in [0, 0.05) is 22.9 Å². The molecule has 3 rings (SSSR count). The lowest BCUT2D eigenvalue weighted by atomic mass is 10.0. The minimum Gasteiger partial charge on any atom is -0.368 e. The van der Waals surface area contributed by atoms with Crippen molar-refractivity contribution < 1.29 is 0 Å². The van der Waals surface area contributed by atoms with Gasteiger partial charge in [-0.05, 0) is 19.1 Å². The zero-order valence-electron chi connectivity index (χ0n) is 11.7. The van der Waals surface area contributed by atoms with E-state index >= 15 is 0 Å². The van der Waals surface area contributed by atoms with Crippen LogP contribution in [0.3, 0.4) is 0 Å². The average Bonchev–Trinajstić information content (AvgIpc) is 2.55. The maximum absolute atomic E-state index is 9.04. The summed E-state index contributed by atoms with van der Waals surface area (Å²) in [5.41, 5.74) is 2.32. The highest BCUT2D eigenvalue weighted by molar-refractivity contribution is 6.00. The van der Waals surface area contributed by atoms with E-state index in [9.17, 15) is 0 Å². The Morgan fingerprint density at radius 3 is 2.62 bits per heavy atom. The Morgan fingerprint density at radius 1 is 1.05 bits per heavy atom. The van der Waals surface area contributed by atoms with Gasteiger partial charge in [-0.3, -0.25) is 0 Å². The van der Waals surface area contributed by atoms with E-state index in [0.717, 1.165) is 34.4 Å². The summed E-state index contributed by atoms with van der Waals surface area (Å²) >= 11 is 0. The lowest BCUT2D eigenvalue weighted by Crippen LogP contribution is -2.02. The van der Waals surface area contributed by atoms with Gasteiger partial charge < -0.3 is 5.32 Å². The summed E-state index contributed by atoms with van der Waals surface area (Å²) in [4.78, 5) is 0. The molecule has 2 aromatic carbocycles. The minimum absolute atomic E-state index is 0.620. The molecule has 102 valence electrons. The molecular weight excluding hydrogens is 260 g/mol. The van der Waals surface area contributed by atoms with Gasteiger partial charge >= 0.3 is 0 Å². The van der Waals surface area contributed by atoms with Gasteiger partial charge in [0.2, 0.25) is 0 Å². The lowest BCUT2D eigenvalue weighted by molar-refractivity contribution is 1.03. The minimum atomic E-state index is 0.620. The van der Waals surface area contributed by atoms with Crippen molar-refractivity contribution in [2.24, 2.45) is 0 Å². The van der Waals surface area contributed by atoms with Crippen LogP contribution in [0.2, 0.25) is 0 Å². The third kappa shape index (κ3) is 2.41. The molecule has 1 aromatic heterocycles. The van der Waals surface area contributed by atoms with Crippen LogP contribution in [-0.4, -0.2) is 16.7 Å². The quantitative estimate of drug-likeness (QED) is 0.792. The number of rotatable bonds is 3. The van der Waals surface area contributed by atoms with Crippen LogP contribution in [-0.2, 0) is 0 Å². The van der Waals surface area contributed by atoms with E-state index in [1.54, 1.807) is 6.07 Å². The normalized spacial score (nSPS) is 10.3. The molecule has 0 aliphatic heterocycles. The van der Waals surface area contributed by atoms with E-state index in [0.29, 0.717) is 5.56 Å². The molecule has 0 atom stereocenters. The molecule has 0 aliphatic rings. The molecule has 0 radical (unpaired) electrons. The number of aromatic nitrogens is 2. The number of hydrogen-bond donors (Lipinski definition) is 1. The zero-order chi connectivity index (χ0) is 14.7. The molecule has 0 fully saturated rings. The standard InChI is InChI=1S/C17H14N4/c1-2-19-17-15-9-4-3-8-14(15)16(20-21-17)13-7-5-6-12(10-13)11-18/h3-10H,2H2,1H3,(H,19,21). The summed E-state index contributed by atoms with van der Waals surface area (Å²) < 4.78 is 0. The smallest absolute Gasteiger partial charge is 0.156 e. The molecule has 0 unspecified atom stereocenters. The van der Waals surface area contributed by atoms with Crippen molar-refractivity contribution in [2.75, 3.05) is 11.9 Å². The van der Waals surface area contributed by atoms with Gasteiger partial charge in [-0.1, -0.05) is 36.4 Å². The molecule has 0 spiro atoms. The third-order valence-electron chi connectivity index (χ3n) is 3.30. The van der Waals surface area contributed by atoms with E-state index in [1.165, 1.54) is 0 Å². The van der Waals surface area contributed by atoms with Crippen LogP contribution in [0.15, 0.2) is 48.5 Å². The van der Waals surface area contributed by atoms with Crippen LogP contribution in [0.4, 0.5) is 5.82 Å². The lowest BCUT2D eigenvalue weighted by Gasteiger charge is -2.10. The molecule has 3 aromatic rings. The fraction of sp³-hybridized carbons (Fsp3) is 0.118. The highest BCUT2D eigenvalue weighted by atomic mass is 15.2. The van der Waals surface area contributed by atoms with Crippen molar-refractivity contribution in [1.29, 1.82) is 5.26 Å². The second-order valence-corrected chi connectivity index (χ2v) is 4.67. The number of fused-ring (bicyclic) bond motifs is 1. The van der Waals surface area contributed by atoms with Crippen LogP contribution < -0.4 is 5.32 Å². The second-order valence-electron chi connectivity index (χ2n) is 4.67. The third-order valence-corrected chi connectivity index (χ3v) is 3.30. The maximum Gasteiger partial charge on any atom is 0.156 e. The van der Waals surface area contributed by atoms with E-state index in [1.807, 2.05) is 49.4 Å². The van der Waals surface area contributed by atoms with Gasteiger partial charge in [0.25, 0.3) is 0 Å². The van der Waals surface area contributed by atoms with Crippen molar-refractivity contribution in [1.82, 2.24) is 10.2 Å². The predicted molar refractivity (Wildman–Crippen MR) is 83.9 cm³/mol. The highest BCUT2D eigenvalue weighted by Crippen LogP contribution is 2.29. The molecule has 4 heteroatoms. The maximum atomic E-state index is 9.04. The van der Waals surface area contributed by atoms with Crippen LogP contribution in [0.1, 0.15) is 12.5 Å². The molecular formula is C17H14N4. The molecule has 0 saturated heterocycles. The number of anilines is 1. The average molecular weight is 274 g/mol. The van der Waals surface area contributed by atoms with Crippen molar-refractivity contribution in [3.8, 4) is 17.3 Å². The van der Waals surface area contributed by atoms with Gasteiger partial charge in [-0.2, -0.15) is 5.26 Å². The molecule has 0 aliphatic carbocycles. The zero-order valence-corrected chi connectivity index (χ0v) is 11.7. The van der Waals surface area contributed by atoms with Crippen LogP contribution in [0.5, 0.6) is 0 Å². The van der Waals surface area contributed by atoms with Crippen molar-refractivity contribution in [2.45, 2.75) is 6.92 Å². The Balaban J connectivity index is 2.24. The molecule has 21 heavy (non-hydrogen) atoms. The Kier molecular flexibility index (Phi) is 3.48. The topological polar surface area (TPSA) is 61.6 Å². The summed E-state index contributed by atoms with van der Waals surface area (Å²) in [5, 5.41) is 23.0. The Hall–Kier alpha value is -2.93. The van der Waals surface area contributed by atoms with Crippen LogP contribution in [0, 0.1) is 11.3 Å². The van der Waals surface area contributed by atoms with Crippen molar-refractivity contribution >= 4 is 16.6 Å². The Bertz CT molecular complexity index is 834. The van der Waals surface area contributed by atoms with Crippen LogP contribution >= 0.6 is 0 Å². The summed E-state index contributed by atoms with van der Waals surface area (Å²) in [7, 11) is 0. The SMILES string of the molecule is CCNc1nnc(-c2cccc(C#N)c2)c2ccccc12. The van der Waals surface area contributed by atoms with E-state index in [2.05, 4.69) is 21.6 Å². The molecule has 1 heterocycles. The summed E-state index contributed by atoms with van der Waals surface area (Å²) in [6.45, 7) is 2.82. The Labute approximate surface area is 123 Å². The van der Waals surface area contributed by atoms with Gasteiger partial charge in [0.1, 0.15) is 5.69 Å². The van der Waals surface area contributed by atoms with Crippen molar-refractivity contribution in [3.05, 3.63) is 54.1 Å². The first kappa shape index (κ1) is 13.1. The molecule has 1 N–H and O–H groups in total. The van der Waals surface area contributed by atoms with Gasteiger partial charge in [-0.25, -0.2) is 0 Å². The fourth-order valence-corrected chi connectivity index (χ4v) is 2.35. The summed E-state index contributed by atoms with van der Waals surface area (Å²) in [5.74, 6) is 0.785. The van der Waals surface area contributed by atoms with Crippen molar-refractivity contribution in [3.63, 3.8) is 0 Å². The van der Waals surface area contributed by atoms with E-state index in [-0.39, 0.29) is 0 Å². The van der Waals surface area contributed by atoms with Gasteiger partial charge in [0.15, 0.2) is 5.82 Å². The molecule has 0 bridgehead atoms. The summed E-state index contributed by atoms with van der Waals surface area (Å²) in [6.07, 6.45) is 0. The first-order chi connectivity index (χ1) is 10.3. The number of benzene rings is 2. The number of nitrogens with zero attached hydrogens (tertiary/aromatic N) is 3. The van der Waals surface area contributed by atoms with E-state index in [4.69, 9.17) is 5.26 Å². The molecule has 0 amide bonds. The predicted octanol–water partition coefficient (Wildman–Crippen LogP) is 3.60. The number of nitrogens with one attached hydrogen (secondary N) is 1. The summed E-state index contributed by atoms with van der Waals surface area (Å²) in [6, 6.07) is 17.6. The number of hydrogen-bond acceptors (Lipinski definition) is 4. The monoisotopic (exact) mass is 274 g/mol. The first-order valence-electron chi connectivity index (χ1n) is 6.83. The first-order valence-corrected chi connectivity index (χ1v) is 6.83. The second kappa shape index (κ2) is 5.59. The van der Waals surface area contributed by atoms with E-state index < -0.39 is 0 Å².